The van der Waals surface area contributed by atoms with Gasteiger partial charge in [0.15, 0.2) is 0 Å². The lowest BCUT2D eigenvalue weighted by Gasteiger charge is -2.21. The van der Waals surface area contributed by atoms with E-state index in [1.807, 2.05) is 6.07 Å². The molecule has 3 heteroatoms. The van der Waals surface area contributed by atoms with E-state index in [2.05, 4.69) is 45.1 Å². The molecule has 0 aliphatic heterocycles. The summed E-state index contributed by atoms with van der Waals surface area (Å²) in [6.07, 6.45) is 1.75. The first-order valence-corrected chi connectivity index (χ1v) is 7.01. The van der Waals surface area contributed by atoms with E-state index in [0.717, 1.165) is 23.6 Å². The van der Waals surface area contributed by atoms with Crippen molar-refractivity contribution in [2.24, 2.45) is 0 Å². The Morgan fingerprint density at radius 2 is 1.90 bits per heavy atom. The van der Waals surface area contributed by atoms with Crippen LogP contribution in [-0.4, -0.2) is 13.7 Å². The van der Waals surface area contributed by atoms with Gasteiger partial charge in [-0.05, 0) is 61.7 Å². The standard InChI is InChI=1S/C17H23NO2/c1-6-18-16(17-11(2)7-8-20-17)14-9-13(4)15(19-5)10-12(14)3/h7-10,16,18H,6H2,1-5H3. The molecule has 1 aromatic heterocycles. The minimum Gasteiger partial charge on any atom is -0.496 e. The SMILES string of the molecule is CCNC(c1cc(C)c(OC)cc1C)c1occc1C. The second-order valence-electron chi connectivity index (χ2n) is 5.14. The molecule has 3 nitrogen and oxygen atoms in total. The third kappa shape index (κ3) is 2.73. The van der Waals surface area contributed by atoms with Crippen molar-refractivity contribution in [3.63, 3.8) is 0 Å². The molecule has 0 radical (unpaired) electrons. The fraction of sp³-hybridized carbons (Fsp3) is 0.412. The minimum absolute atomic E-state index is 0.0830. The molecule has 0 fully saturated rings. The maximum atomic E-state index is 5.69. The van der Waals surface area contributed by atoms with E-state index >= 15 is 0 Å². The predicted molar refractivity (Wildman–Crippen MR) is 81.4 cm³/mol. The van der Waals surface area contributed by atoms with Gasteiger partial charge in [-0.1, -0.05) is 13.0 Å². The van der Waals surface area contributed by atoms with Gasteiger partial charge in [0.2, 0.25) is 0 Å². The number of aryl methyl sites for hydroxylation is 3. The first-order chi connectivity index (χ1) is 9.58. The Balaban J connectivity index is 2.50. The molecule has 1 aromatic carbocycles. The van der Waals surface area contributed by atoms with E-state index in [4.69, 9.17) is 9.15 Å². The summed E-state index contributed by atoms with van der Waals surface area (Å²) in [5.41, 5.74) is 4.75. The van der Waals surface area contributed by atoms with Crippen LogP contribution in [0.3, 0.4) is 0 Å². The average molecular weight is 273 g/mol. The van der Waals surface area contributed by atoms with Crippen LogP contribution in [0.5, 0.6) is 5.75 Å². The zero-order chi connectivity index (χ0) is 14.7. The van der Waals surface area contributed by atoms with Crippen molar-refractivity contribution in [2.75, 3.05) is 13.7 Å². The Hall–Kier alpha value is -1.74. The molecule has 0 amide bonds. The number of furan rings is 1. The van der Waals surface area contributed by atoms with Crippen LogP contribution in [0.2, 0.25) is 0 Å². The Kier molecular flexibility index (Phi) is 4.50. The highest BCUT2D eigenvalue weighted by molar-refractivity contribution is 5.45. The smallest absolute Gasteiger partial charge is 0.128 e. The zero-order valence-electron chi connectivity index (χ0n) is 12.9. The molecule has 0 aliphatic rings. The maximum absolute atomic E-state index is 5.69. The van der Waals surface area contributed by atoms with E-state index in [1.165, 1.54) is 16.7 Å². The Bertz CT molecular complexity index is 587. The molecule has 2 aromatic rings. The normalized spacial score (nSPS) is 12.4. The van der Waals surface area contributed by atoms with Crippen molar-refractivity contribution in [3.05, 3.63) is 52.5 Å². The van der Waals surface area contributed by atoms with Gasteiger partial charge < -0.3 is 14.5 Å². The van der Waals surface area contributed by atoms with Crippen LogP contribution in [0.1, 0.15) is 41.0 Å². The molecule has 20 heavy (non-hydrogen) atoms. The number of methoxy groups -OCH3 is 1. The summed E-state index contributed by atoms with van der Waals surface area (Å²) in [5.74, 6) is 1.91. The van der Waals surface area contributed by atoms with Gasteiger partial charge in [0, 0.05) is 0 Å². The summed E-state index contributed by atoms with van der Waals surface area (Å²) < 4.78 is 11.1. The van der Waals surface area contributed by atoms with Crippen molar-refractivity contribution < 1.29 is 9.15 Å². The third-order valence-corrected chi connectivity index (χ3v) is 3.67. The summed E-state index contributed by atoms with van der Waals surface area (Å²) >= 11 is 0. The van der Waals surface area contributed by atoms with Crippen molar-refractivity contribution in [2.45, 2.75) is 33.7 Å². The van der Waals surface area contributed by atoms with Crippen LogP contribution in [0.15, 0.2) is 28.9 Å². The van der Waals surface area contributed by atoms with Crippen LogP contribution >= 0.6 is 0 Å². The molecular weight excluding hydrogens is 250 g/mol. The van der Waals surface area contributed by atoms with E-state index in [1.54, 1.807) is 13.4 Å². The molecule has 1 heterocycles. The van der Waals surface area contributed by atoms with E-state index < -0.39 is 0 Å². The highest BCUT2D eigenvalue weighted by Crippen LogP contribution is 2.31. The van der Waals surface area contributed by atoms with Crippen LogP contribution in [0.4, 0.5) is 0 Å². The monoisotopic (exact) mass is 273 g/mol. The fourth-order valence-electron chi connectivity index (χ4n) is 2.57. The van der Waals surface area contributed by atoms with Crippen molar-refractivity contribution >= 4 is 0 Å². The summed E-state index contributed by atoms with van der Waals surface area (Å²) in [5, 5.41) is 3.51. The predicted octanol–water partition coefficient (Wildman–Crippen LogP) is 3.91. The summed E-state index contributed by atoms with van der Waals surface area (Å²) in [6, 6.07) is 6.36. The van der Waals surface area contributed by atoms with Gasteiger partial charge in [-0.15, -0.1) is 0 Å². The van der Waals surface area contributed by atoms with Crippen molar-refractivity contribution in [1.82, 2.24) is 5.32 Å². The Labute approximate surface area is 121 Å². The second kappa shape index (κ2) is 6.14. The van der Waals surface area contributed by atoms with Gasteiger partial charge in [0.25, 0.3) is 0 Å². The molecule has 0 saturated carbocycles. The van der Waals surface area contributed by atoms with Crippen LogP contribution in [-0.2, 0) is 0 Å². The molecule has 0 aliphatic carbocycles. The van der Waals surface area contributed by atoms with Gasteiger partial charge in [-0.2, -0.15) is 0 Å². The molecule has 1 unspecified atom stereocenters. The molecule has 0 bridgehead atoms. The fourth-order valence-corrected chi connectivity index (χ4v) is 2.57. The van der Waals surface area contributed by atoms with E-state index in [0.29, 0.717) is 0 Å². The summed E-state index contributed by atoms with van der Waals surface area (Å²) in [7, 11) is 1.71. The summed E-state index contributed by atoms with van der Waals surface area (Å²) in [4.78, 5) is 0. The lowest BCUT2D eigenvalue weighted by atomic mass is 9.95. The Morgan fingerprint density at radius 3 is 2.45 bits per heavy atom. The van der Waals surface area contributed by atoms with E-state index in [9.17, 15) is 0 Å². The molecule has 108 valence electrons. The topological polar surface area (TPSA) is 34.4 Å². The maximum Gasteiger partial charge on any atom is 0.128 e. The molecule has 2 rings (SSSR count). The lowest BCUT2D eigenvalue weighted by Crippen LogP contribution is -2.23. The van der Waals surface area contributed by atoms with Crippen molar-refractivity contribution in [1.29, 1.82) is 0 Å². The number of rotatable bonds is 5. The number of nitrogens with one attached hydrogen (secondary N) is 1. The van der Waals surface area contributed by atoms with Gasteiger partial charge in [-0.25, -0.2) is 0 Å². The summed E-state index contributed by atoms with van der Waals surface area (Å²) in [6.45, 7) is 9.25. The molecule has 0 spiro atoms. The number of benzene rings is 1. The molecule has 1 N–H and O–H groups in total. The van der Waals surface area contributed by atoms with Gasteiger partial charge in [0.05, 0.1) is 19.4 Å². The van der Waals surface area contributed by atoms with E-state index in [-0.39, 0.29) is 6.04 Å². The van der Waals surface area contributed by atoms with Gasteiger partial charge in [0.1, 0.15) is 11.5 Å². The van der Waals surface area contributed by atoms with Gasteiger partial charge in [-0.3, -0.25) is 0 Å². The molecule has 0 saturated heterocycles. The molecule has 1 atom stereocenters. The second-order valence-corrected chi connectivity index (χ2v) is 5.14. The largest absolute Gasteiger partial charge is 0.496 e. The van der Waals surface area contributed by atoms with Crippen LogP contribution in [0.25, 0.3) is 0 Å². The first-order valence-electron chi connectivity index (χ1n) is 7.01. The average Bonchev–Trinajstić information content (AvgIpc) is 2.84. The minimum atomic E-state index is 0.0830. The number of hydrogen-bond donors (Lipinski definition) is 1. The first kappa shape index (κ1) is 14.7. The lowest BCUT2D eigenvalue weighted by molar-refractivity contribution is 0.410. The zero-order valence-corrected chi connectivity index (χ0v) is 12.9. The van der Waals surface area contributed by atoms with Gasteiger partial charge >= 0.3 is 0 Å². The highest BCUT2D eigenvalue weighted by atomic mass is 16.5. The number of hydrogen-bond acceptors (Lipinski definition) is 3. The van der Waals surface area contributed by atoms with Crippen LogP contribution in [0, 0.1) is 20.8 Å². The number of ether oxygens (including phenoxy) is 1. The van der Waals surface area contributed by atoms with Crippen LogP contribution < -0.4 is 10.1 Å². The highest BCUT2D eigenvalue weighted by Gasteiger charge is 2.21. The molecular formula is C17H23NO2. The quantitative estimate of drug-likeness (QED) is 0.896. The Morgan fingerprint density at radius 1 is 1.15 bits per heavy atom. The third-order valence-electron chi connectivity index (χ3n) is 3.67. The van der Waals surface area contributed by atoms with Crippen molar-refractivity contribution in [3.8, 4) is 5.75 Å².